The Kier molecular flexibility index (Phi) is 9.21. The van der Waals surface area contributed by atoms with Crippen LogP contribution in [0.25, 0.3) is 10.8 Å². The highest BCUT2D eigenvalue weighted by Gasteiger charge is 2.13. The first-order valence-corrected chi connectivity index (χ1v) is 11.5. The highest BCUT2D eigenvalue weighted by Crippen LogP contribution is 2.25. The fourth-order valence-corrected chi connectivity index (χ4v) is 3.60. The second kappa shape index (κ2) is 12.5. The van der Waals surface area contributed by atoms with Crippen molar-refractivity contribution in [2.24, 2.45) is 5.92 Å². The first-order chi connectivity index (χ1) is 16.4. The number of ether oxygens (including phenoxy) is 1. The molecule has 6 heteroatoms. The molecule has 0 aliphatic carbocycles. The van der Waals surface area contributed by atoms with E-state index in [1.807, 2.05) is 48.5 Å². The maximum atomic E-state index is 13.1. The van der Waals surface area contributed by atoms with Crippen LogP contribution in [0, 0.1) is 11.7 Å². The van der Waals surface area contributed by atoms with E-state index in [0.29, 0.717) is 43.6 Å². The van der Waals surface area contributed by atoms with E-state index in [1.54, 1.807) is 19.1 Å². The lowest BCUT2D eigenvalue weighted by Gasteiger charge is -2.13. The summed E-state index contributed by atoms with van der Waals surface area (Å²) in [6.07, 6.45) is 4.19. The second-order valence-corrected chi connectivity index (χ2v) is 8.30. The maximum absolute atomic E-state index is 13.1. The van der Waals surface area contributed by atoms with Crippen molar-refractivity contribution in [3.05, 3.63) is 89.8 Å². The van der Waals surface area contributed by atoms with Crippen molar-refractivity contribution in [3.63, 3.8) is 0 Å². The zero-order chi connectivity index (χ0) is 24.3. The lowest BCUT2D eigenvalue weighted by molar-refractivity contribution is -0.141. The number of carboxylic acid groups (broad SMARTS) is 1. The summed E-state index contributed by atoms with van der Waals surface area (Å²) >= 11 is 0. The third-order valence-corrected chi connectivity index (χ3v) is 5.69. The molecule has 1 atom stereocenters. The van der Waals surface area contributed by atoms with Gasteiger partial charge in [0.1, 0.15) is 18.2 Å². The van der Waals surface area contributed by atoms with Gasteiger partial charge in [0.25, 0.3) is 0 Å². The third-order valence-electron chi connectivity index (χ3n) is 5.69. The van der Waals surface area contributed by atoms with E-state index in [2.05, 4.69) is 5.32 Å². The topological polar surface area (TPSA) is 75.6 Å². The van der Waals surface area contributed by atoms with Crippen LogP contribution in [-0.4, -0.2) is 30.1 Å². The average Bonchev–Trinajstić information content (AvgIpc) is 2.84. The molecule has 0 aromatic heterocycles. The van der Waals surface area contributed by atoms with Gasteiger partial charge in [0, 0.05) is 11.9 Å². The Hall–Kier alpha value is -3.67. The van der Waals surface area contributed by atoms with Crippen molar-refractivity contribution in [1.29, 1.82) is 0 Å². The number of benzene rings is 3. The number of amides is 1. The zero-order valence-corrected chi connectivity index (χ0v) is 19.3. The SMILES string of the molecule is CC(CCCC=C(COc1cccc2ccccc12)C(=O)NCCc1ccc(F)cc1)C(=O)O. The first-order valence-electron chi connectivity index (χ1n) is 11.5. The standard InChI is InChI=1S/C28H30FNO4/c1-20(28(32)33)7-2-3-9-23(27(31)30-18-17-21-13-15-24(29)16-14-21)19-34-26-12-6-10-22-8-4-5-11-25(22)26/h4-6,8-16,20H,2-3,7,17-19H2,1H3,(H,30,31)(H,32,33). The number of hydrogen-bond donors (Lipinski definition) is 2. The molecule has 0 saturated carbocycles. The Balaban J connectivity index is 1.63. The number of hydrogen-bond acceptors (Lipinski definition) is 3. The summed E-state index contributed by atoms with van der Waals surface area (Å²) in [5.41, 5.74) is 1.43. The van der Waals surface area contributed by atoms with Gasteiger partial charge < -0.3 is 15.2 Å². The lowest BCUT2D eigenvalue weighted by Crippen LogP contribution is -2.29. The molecule has 0 bridgehead atoms. The van der Waals surface area contributed by atoms with Gasteiger partial charge in [0.05, 0.1) is 11.5 Å². The number of allylic oxidation sites excluding steroid dienone is 1. The summed E-state index contributed by atoms with van der Waals surface area (Å²) in [6, 6.07) is 19.9. The van der Waals surface area contributed by atoms with Gasteiger partial charge in [-0.15, -0.1) is 0 Å². The maximum Gasteiger partial charge on any atom is 0.306 e. The molecule has 0 aliphatic rings. The summed E-state index contributed by atoms with van der Waals surface area (Å²) in [4.78, 5) is 23.9. The van der Waals surface area contributed by atoms with Crippen LogP contribution in [0.4, 0.5) is 4.39 Å². The van der Waals surface area contributed by atoms with Crippen molar-refractivity contribution in [1.82, 2.24) is 5.32 Å². The van der Waals surface area contributed by atoms with Gasteiger partial charge >= 0.3 is 5.97 Å². The van der Waals surface area contributed by atoms with Gasteiger partial charge in [-0.1, -0.05) is 61.5 Å². The highest BCUT2D eigenvalue weighted by molar-refractivity contribution is 5.94. The number of fused-ring (bicyclic) bond motifs is 1. The van der Waals surface area contributed by atoms with Crippen molar-refractivity contribution >= 4 is 22.6 Å². The van der Waals surface area contributed by atoms with Gasteiger partial charge in [-0.05, 0) is 54.8 Å². The predicted molar refractivity (Wildman–Crippen MR) is 131 cm³/mol. The van der Waals surface area contributed by atoms with Crippen molar-refractivity contribution < 1.29 is 23.8 Å². The van der Waals surface area contributed by atoms with E-state index in [9.17, 15) is 14.0 Å². The molecule has 0 heterocycles. The van der Waals surface area contributed by atoms with E-state index >= 15 is 0 Å². The molecule has 1 unspecified atom stereocenters. The average molecular weight is 464 g/mol. The summed E-state index contributed by atoms with van der Waals surface area (Å²) in [6.45, 7) is 2.19. The highest BCUT2D eigenvalue weighted by atomic mass is 19.1. The van der Waals surface area contributed by atoms with Gasteiger partial charge in [0.2, 0.25) is 5.91 Å². The van der Waals surface area contributed by atoms with Crippen LogP contribution in [-0.2, 0) is 16.0 Å². The number of aliphatic carboxylic acids is 1. The van der Waals surface area contributed by atoms with Crippen LogP contribution >= 0.6 is 0 Å². The molecule has 3 rings (SSSR count). The van der Waals surface area contributed by atoms with Gasteiger partial charge in [-0.3, -0.25) is 9.59 Å². The zero-order valence-electron chi connectivity index (χ0n) is 19.3. The van der Waals surface area contributed by atoms with Crippen LogP contribution in [0.1, 0.15) is 31.7 Å². The van der Waals surface area contributed by atoms with Crippen LogP contribution in [0.15, 0.2) is 78.4 Å². The molecular formula is C28H30FNO4. The molecule has 34 heavy (non-hydrogen) atoms. The molecule has 3 aromatic carbocycles. The Bertz CT molecular complexity index is 1140. The number of nitrogens with one attached hydrogen (secondary N) is 1. The number of rotatable bonds is 12. The molecule has 0 radical (unpaired) electrons. The number of unbranched alkanes of at least 4 members (excludes halogenated alkanes) is 1. The van der Waals surface area contributed by atoms with Crippen LogP contribution < -0.4 is 10.1 Å². The minimum atomic E-state index is -0.818. The van der Waals surface area contributed by atoms with Crippen LogP contribution in [0.3, 0.4) is 0 Å². The van der Waals surface area contributed by atoms with Gasteiger partial charge in [-0.25, -0.2) is 4.39 Å². The van der Waals surface area contributed by atoms with Crippen LogP contribution in [0.5, 0.6) is 5.75 Å². The molecule has 0 aliphatic heterocycles. The Labute approximate surface area is 199 Å². The van der Waals surface area contributed by atoms with E-state index < -0.39 is 11.9 Å². The largest absolute Gasteiger partial charge is 0.488 e. The fraction of sp³-hybridized carbons (Fsp3) is 0.286. The quantitative estimate of drug-likeness (QED) is 0.273. The molecule has 0 fully saturated rings. The van der Waals surface area contributed by atoms with E-state index in [0.717, 1.165) is 16.3 Å². The third kappa shape index (κ3) is 7.44. The molecule has 0 spiro atoms. The number of carbonyl (C=O) groups is 2. The van der Waals surface area contributed by atoms with E-state index in [1.165, 1.54) is 12.1 Å². The lowest BCUT2D eigenvalue weighted by atomic mass is 10.0. The van der Waals surface area contributed by atoms with Gasteiger partial charge in [0.15, 0.2) is 0 Å². The summed E-state index contributed by atoms with van der Waals surface area (Å²) in [5, 5.41) is 14.0. The minimum absolute atomic E-state index is 0.102. The van der Waals surface area contributed by atoms with Crippen molar-refractivity contribution in [3.8, 4) is 5.75 Å². The predicted octanol–water partition coefficient (Wildman–Crippen LogP) is 5.53. The molecular weight excluding hydrogens is 433 g/mol. The Morgan fingerprint density at radius 1 is 1.06 bits per heavy atom. The molecule has 2 N–H and O–H groups in total. The monoisotopic (exact) mass is 463 g/mol. The van der Waals surface area contributed by atoms with Gasteiger partial charge in [-0.2, -0.15) is 0 Å². The number of carboxylic acids is 1. The van der Waals surface area contributed by atoms with Crippen molar-refractivity contribution in [2.45, 2.75) is 32.6 Å². The molecule has 0 saturated heterocycles. The molecule has 5 nitrogen and oxygen atoms in total. The Morgan fingerprint density at radius 3 is 2.56 bits per heavy atom. The summed E-state index contributed by atoms with van der Waals surface area (Å²) in [7, 11) is 0. The van der Waals surface area contributed by atoms with Crippen LogP contribution in [0.2, 0.25) is 0 Å². The Morgan fingerprint density at radius 2 is 1.79 bits per heavy atom. The summed E-state index contributed by atoms with van der Waals surface area (Å²) < 4.78 is 19.1. The molecule has 1 amide bonds. The van der Waals surface area contributed by atoms with E-state index in [4.69, 9.17) is 9.84 Å². The second-order valence-electron chi connectivity index (χ2n) is 8.30. The van der Waals surface area contributed by atoms with Crippen molar-refractivity contribution in [2.75, 3.05) is 13.2 Å². The van der Waals surface area contributed by atoms with E-state index in [-0.39, 0.29) is 18.3 Å². The summed E-state index contributed by atoms with van der Waals surface area (Å²) in [5.74, 6) is -1.06. The normalized spacial score (nSPS) is 12.4. The number of halogens is 1. The molecule has 3 aromatic rings. The smallest absolute Gasteiger partial charge is 0.306 e. The first kappa shape index (κ1) is 25.0. The molecule has 178 valence electrons. The fourth-order valence-electron chi connectivity index (χ4n) is 3.60. The number of carbonyl (C=O) groups excluding carboxylic acids is 1. The minimum Gasteiger partial charge on any atom is -0.488 e.